The van der Waals surface area contributed by atoms with Crippen LogP contribution < -0.4 is 10.2 Å². The zero-order chi connectivity index (χ0) is 19.9. The van der Waals surface area contributed by atoms with Gasteiger partial charge in [0.25, 0.3) is 5.91 Å². The highest BCUT2D eigenvalue weighted by Gasteiger charge is 2.09. The smallest absolute Gasteiger partial charge is 0.272 e. The average Bonchev–Trinajstić information content (AvgIpc) is 2.67. The number of aryl methyl sites for hydroxylation is 1. The van der Waals surface area contributed by atoms with Crippen molar-refractivity contribution in [1.82, 2.24) is 5.43 Å². The van der Waals surface area contributed by atoms with Gasteiger partial charge in [0.15, 0.2) is 0 Å². The quantitative estimate of drug-likeness (QED) is 0.464. The highest BCUT2D eigenvalue weighted by Crippen LogP contribution is 2.19. The number of ether oxygens (including phenoxy) is 1. The Bertz CT molecular complexity index is 1020. The molecule has 0 radical (unpaired) electrons. The summed E-state index contributed by atoms with van der Waals surface area (Å²) in [6.45, 7) is 2.11. The third-order valence-electron chi connectivity index (χ3n) is 3.94. The lowest BCUT2D eigenvalue weighted by Crippen LogP contribution is -2.18. The van der Waals surface area contributed by atoms with E-state index in [1.54, 1.807) is 42.5 Å². The number of rotatable bonds is 6. The van der Waals surface area contributed by atoms with Crippen molar-refractivity contribution in [3.8, 4) is 5.75 Å². The summed E-state index contributed by atoms with van der Waals surface area (Å²) in [5.74, 6) is -0.147. The standard InChI is InChI=1S/C22H18ClFN2O2/c1-15-9-10-19(20(23)11-15)22(27)26-25-13-17-6-2-3-8-21(17)28-14-16-5-4-7-18(24)12-16/h2-13H,14H2,1H3,(H,26,27)/b25-13-. The van der Waals surface area contributed by atoms with Crippen molar-refractivity contribution in [2.45, 2.75) is 13.5 Å². The molecule has 4 nitrogen and oxygen atoms in total. The molecule has 3 rings (SSSR count). The molecule has 0 aliphatic rings. The molecule has 0 spiro atoms. The minimum atomic E-state index is -0.403. The van der Waals surface area contributed by atoms with Crippen LogP contribution in [0.5, 0.6) is 5.75 Å². The molecule has 0 saturated heterocycles. The van der Waals surface area contributed by atoms with Crippen LogP contribution in [0, 0.1) is 12.7 Å². The molecule has 0 bridgehead atoms. The summed E-state index contributed by atoms with van der Waals surface area (Å²) in [5.41, 5.74) is 5.16. The van der Waals surface area contributed by atoms with Crippen molar-refractivity contribution in [3.05, 3.63) is 99.8 Å². The monoisotopic (exact) mass is 396 g/mol. The summed E-state index contributed by atoms with van der Waals surface area (Å²) < 4.78 is 19.0. The first-order valence-electron chi connectivity index (χ1n) is 8.59. The van der Waals surface area contributed by atoms with Gasteiger partial charge in [-0.3, -0.25) is 4.79 Å². The number of hydrogen-bond donors (Lipinski definition) is 1. The van der Waals surface area contributed by atoms with Crippen molar-refractivity contribution in [2.24, 2.45) is 5.10 Å². The number of nitrogens with one attached hydrogen (secondary N) is 1. The molecule has 1 amide bonds. The molecule has 0 atom stereocenters. The Labute approximate surface area is 167 Å². The molecule has 3 aromatic rings. The zero-order valence-corrected chi connectivity index (χ0v) is 15.9. The lowest BCUT2D eigenvalue weighted by Gasteiger charge is -2.09. The van der Waals surface area contributed by atoms with Gasteiger partial charge in [-0.15, -0.1) is 0 Å². The van der Waals surface area contributed by atoms with Crippen molar-refractivity contribution in [2.75, 3.05) is 0 Å². The van der Waals surface area contributed by atoms with Crippen molar-refractivity contribution < 1.29 is 13.9 Å². The minimum absolute atomic E-state index is 0.216. The predicted octanol–water partition coefficient (Wildman–Crippen LogP) is 5.13. The summed E-state index contributed by atoms with van der Waals surface area (Å²) in [6.07, 6.45) is 1.49. The number of para-hydroxylation sites is 1. The summed E-state index contributed by atoms with van der Waals surface area (Å²) in [4.78, 5) is 12.2. The van der Waals surface area contributed by atoms with E-state index in [-0.39, 0.29) is 12.4 Å². The molecule has 1 N–H and O–H groups in total. The maximum Gasteiger partial charge on any atom is 0.272 e. The largest absolute Gasteiger partial charge is 0.488 e. The summed E-state index contributed by atoms with van der Waals surface area (Å²) >= 11 is 6.10. The van der Waals surface area contributed by atoms with Crippen LogP contribution in [-0.2, 0) is 6.61 Å². The van der Waals surface area contributed by atoms with Gasteiger partial charge in [0, 0.05) is 5.56 Å². The molecule has 3 aromatic carbocycles. The molecule has 0 saturated carbocycles. The average molecular weight is 397 g/mol. The molecule has 0 aliphatic carbocycles. The first kappa shape index (κ1) is 19.6. The van der Waals surface area contributed by atoms with E-state index in [9.17, 15) is 9.18 Å². The number of hydrogen-bond acceptors (Lipinski definition) is 3. The third-order valence-corrected chi connectivity index (χ3v) is 4.25. The second-order valence-corrected chi connectivity index (χ2v) is 6.55. The fourth-order valence-corrected chi connectivity index (χ4v) is 2.85. The molecular formula is C22H18ClFN2O2. The van der Waals surface area contributed by atoms with E-state index < -0.39 is 5.91 Å². The van der Waals surface area contributed by atoms with Crippen molar-refractivity contribution >= 4 is 23.7 Å². The van der Waals surface area contributed by atoms with Crippen LogP contribution >= 0.6 is 11.6 Å². The summed E-state index contributed by atoms with van der Waals surface area (Å²) in [5, 5.41) is 4.36. The fourth-order valence-electron chi connectivity index (χ4n) is 2.53. The number of amides is 1. The third kappa shape index (κ3) is 5.18. The van der Waals surface area contributed by atoms with Crippen LogP contribution in [0.15, 0.2) is 71.8 Å². The summed E-state index contributed by atoms with van der Waals surface area (Å²) in [6, 6.07) is 18.6. The van der Waals surface area contributed by atoms with Gasteiger partial charge in [0.1, 0.15) is 18.2 Å². The van der Waals surface area contributed by atoms with E-state index in [0.717, 1.165) is 5.56 Å². The number of nitrogens with zero attached hydrogens (tertiary/aromatic N) is 1. The van der Waals surface area contributed by atoms with E-state index in [4.69, 9.17) is 16.3 Å². The molecule has 0 unspecified atom stereocenters. The van der Waals surface area contributed by atoms with Gasteiger partial charge in [-0.1, -0.05) is 41.9 Å². The first-order chi connectivity index (χ1) is 13.5. The van der Waals surface area contributed by atoms with Crippen molar-refractivity contribution in [3.63, 3.8) is 0 Å². The SMILES string of the molecule is Cc1ccc(C(=O)N/N=C\c2ccccc2OCc2cccc(F)c2)c(Cl)c1. The van der Waals surface area contributed by atoms with E-state index in [1.165, 1.54) is 18.3 Å². The van der Waals surface area contributed by atoms with Gasteiger partial charge < -0.3 is 4.74 Å². The number of halogens is 2. The van der Waals surface area contributed by atoms with Crippen LogP contribution in [0.4, 0.5) is 4.39 Å². The Balaban J connectivity index is 1.66. The Morgan fingerprint density at radius 1 is 1.14 bits per heavy atom. The normalized spacial score (nSPS) is 10.8. The number of carbonyl (C=O) groups is 1. The molecule has 0 aromatic heterocycles. The van der Waals surface area contributed by atoms with Crippen LogP contribution in [0.2, 0.25) is 5.02 Å². The van der Waals surface area contributed by atoms with E-state index in [0.29, 0.717) is 27.5 Å². The Kier molecular flexibility index (Phi) is 6.40. The van der Waals surface area contributed by atoms with Gasteiger partial charge in [0.2, 0.25) is 0 Å². The lowest BCUT2D eigenvalue weighted by molar-refractivity contribution is 0.0955. The Morgan fingerprint density at radius 3 is 2.75 bits per heavy atom. The first-order valence-corrected chi connectivity index (χ1v) is 8.96. The van der Waals surface area contributed by atoms with E-state index >= 15 is 0 Å². The van der Waals surface area contributed by atoms with Gasteiger partial charge >= 0.3 is 0 Å². The molecule has 6 heteroatoms. The molecule has 142 valence electrons. The highest BCUT2D eigenvalue weighted by molar-refractivity contribution is 6.33. The Morgan fingerprint density at radius 2 is 1.96 bits per heavy atom. The van der Waals surface area contributed by atoms with E-state index in [1.807, 2.05) is 19.1 Å². The van der Waals surface area contributed by atoms with Crippen molar-refractivity contribution in [1.29, 1.82) is 0 Å². The number of carbonyl (C=O) groups excluding carboxylic acids is 1. The molecule has 0 aliphatic heterocycles. The molecule has 0 heterocycles. The van der Waals surface area contributed by atoms with Crippen LogP contribution in [0.25, 0.3) is 0 Å². The van der Waals surface area contributed by atoms with Crippen LogP contribution in [-0.4, -0.2) is 12.1 Å². The second kappa shape index (κ2) is 9.15. The van der Waals surface area contributed by atoms with Gasteiger partial charge in [-0.05, 0) is 54.4 Å². The van der Waals surface area contributed by atoms with Crippen LogP contribution in [0.1, 0.15) is 27.0 Å². The maximum atomic E-state index is 13.3. The Hall–Kier alpha value is -3.18. The maximum absolute atomic E-state index is 13.3. The molecular weight excluding hydrogens is 379 g/mol. The summed E-state index contributed by atoms with van der Waals surface area (Å²) in [7, 11) is 0. The number of benzene rings is 3. The molecule has 28 heavy (non-hydrogen) atoms. The van der Waals surface area contributed by atoms with Gasteiger partial charge in [-0.25, -0.2) is 9.82 Å². The number of hydrazone groups is 1. The lowest BCUT2D eigenvalue weighted by atomic mass is 10.1. The van der Waals surface area contributed by atoms with Gasteiger partial charge in [-0.2, -0.15) is 5.10 Å². The van der Waals surface area contributed by atoms with E-state index in [2.05, 4.69) is 10.5 Å². The second-order valence-electron chi connectivity index (χ2n) is 6.14. The highest BCUT2D eigenvalue weighted by atomic mass is 35.5. The van der Waals surface area contributed by atoms with Gasteiger partial charge in [0.05, 0.1) is 16.8 Å². The zero-order valence-electron chi connectivity index (χ0n) is 15.2. The fraction of sp³-hybridized carbons (Fsp3) is 0.0909. The topological polar surface area (TPSA) is 50.7 Å². The van der Waals surface area contributed by atoms with Crippen LogP contribution in [0.3, 0.4) is 0 Å². The predicted molar refractivity (Wildman–Crippen MR) is 108 cm³/mol. The molecule has 0 fully saturated rings. The minimum Gasteiger partial charge on any atom is -0.488 e.